The van der Waals surface area contributed by atoms with Crippen LogP contribution in [0.1, 0.15) is 39.2 Å². The number of rotatable bonds is 5. The molecule has 0 heterocycles. The van der Waals surface area contributed by atoms with E-state index in [2.05, 4.69) is 5.32 Å². The maximum absolute atomic E-state index is 12.2. The molecule has 1 aromatic carbocycles. The molecule has 5 heteroatoms. The summed E-state index contributed by atoms with van der Waals surface area (Å²) in [5.41, 5.74) is 0.255. The first kappa shape index (κ1) is 18.7. The van der Waals surface area contributed by atoms with Gasteiger partial charge in [-0.1, -0.05) is 42.5 Å². The van der Waals surface area contributed by atoms with E-state index in [0.29, 0.717) is 0 Å². The molecule has 0 spiro atoms. The molecule has 1 rings (SSSR count). The molecule has 2 atom stereocenters. The van der Waals surface area contributed by atoms with Crippen LogP contribution in [0.15, 0.2) is 42.5 Å². The Kier molecular flexibility index (Phi) is 6.82. The highest BCUT2D eigenvalue weighted by molar-refractivity contribution is 5.83. The van der Waals surface area contributed by atoms with Crippen molar-refractivity contribution in [1.29, 1.82) is 0 Å². The van der Waals surface area contributed by atoms with E-state index in [1.54, 1.807) is 20.8 Å². The van der Waals surface area contributed by atoms with E-state index in [1.807, 2.05) is 49.4 Å². The van der Waals surface area contributed by atoms with E-state index >= 15 is 0 Å². The van der Waals surface area contributed by atoms with Gasteiger partial charge in [-0.2, -0.15) is 0 Å². The smallest absolute Gasteiger partial charge is 0.408 e. The number of carbonyl (C=O) groups excluding carboxylic acids is 2. The van der Waals surface area contributed by atoms with Crippen LogP contribution in [0.5, 0.6) is 0 Å². The lowest BCUT2D eigenvalue weighted by Gasteiger charge is -2.26. The van der Waals surface area contributed by atoms with Crippen LogP contribution in [0, 0.1) is 0 Å². The Morgan fingerprint density at radius 1 is 1.17 bits per heavy atom. The zero-order valence-corrected chi connectivity index (χ0v) is 14.3. The van der Waals surface area contributed by atoms with Gasteiger partial charge < -0.3 is 14.8 Å². The van der Waals surface area contributed by atoms with Crippen molar-refractivity contribution >= 4 is 12.1 Å². The Morgan fingerprint density at radius 3 is 2.26 bits per heavy atom. The van der Waals surface area contributed by atoms with Crippen molar-refractivity contribution in [2.45, 2.75) is 45.3 Å². The van der Waals surface area contributed by atoms with E-state index in [1.165, 1.54) is 7.11 Å². The number of methoxy groups -OCH3 is 1. The molecular weight excluding hydrogens is 294 g/mol. The fraction of sp³-hybridized carbons (Fsp3) is 0.444. The van der Waals surface area contributed by atoms with Gasteiger partial charge in [-0.05, 0) is 33.3 Å². The number of nitrogens with one attached hydrogen (secondary N) is 1. The van der Waals surface area contributed by atoms with Crippen LogP contribution in [-0.2, 0) is 14.3 Å². The Balaban J connectivity index is 3.07. The van der Waals surface area contributed by atoms with Gasteiger partial charge in [-0.15, -0.1) is 0 Å². The molecule has 0 radical (unpaired) electrons. The van der Waals surface area contributed by atoms with Crippen molar-refractivity contribution < 1.29 is 19.1 Å². The number of allylic oxidation sites excluding steroid dienone is 1. The first-order valence-corrected chi connectivity index (χ1v) is 7.53. The Bertz CT molecular complexity index is 546. The molecule has 0 saturated heterocycles. The minimum Gasteiger partial charge on any atom is -0.467 e. The highest BCUT2D eigenvalue weighted by atomic mass is 16.6. The Morgan fingerprint density at radius 2 is 1.78 bits per heavy atom. The maximum atomic E-state index is 12.2. The van der Waals surface area contributed by atoms with Crippen molar-refractivity contribution in [2.75, 3.05) is 7.11 Å². The molecule has 1 N–H and O–H groups in total. The molecule has 126 valence electrons. The quantitative estimate of drug-likeness (QED) is 0.667. The largest absolute Gasteiger partial charge is 0.467 e. The summed E-state index contributed by atoms with van der Waals surface area (Å²) in [5, 5.41) is 2.62. The highest BCUT2D eigenvalue weighted by Gasteiger charge is 2.31. The number of hydrogen-bond acceptors (Lipinski definition) is 4. The van der Waals surface area contributed by atoms with Gasteiger partial charge in [0.25, 0.3) is 0 Å². The standard InChI is InChI=1S/C18H25NO4/c1-6-10-14(13-11-8-7-9-12-13)15(16(20)22-5)19-17(21)23-18(2,3)4/h6-12,14-15H,1-5H3,(H,19,21)/b10-6+/t14-,15-/m0/s1. The lowest BCUT2D eigenvalue weighted by Crippen LogP contribution is -2.47. The number of benzene rings is 1. The van der Waals surface area contributed by atoms with Crippen LogP contribution in [0.2, 0.25) is 0 Å². The Hall–Kier alpha value is -2.30. The zero-order chi connectivity index (χ0) is 17.5. The molecule has 5 nitrogen and oxygen atoms in total. The molecule has 0 aliphatic heterocycles. The van der Waals surface area contributed by atoms with Crippen LogP contribution in [-0.4, -0.2) is 30.8 Å². The molecule has 0 aliphatic rings. The zero-order valence-electron chi connectivity index (χ0n) is 14.3. The van der Waals surface area contributed by atoms with Gasteiger partial charge >= 0.3 is 12.1 Å². The van der Waals surface area contributed by atoms with Crippen LogP contribution in [0.25, 0.3) is 0 Å². The second-order valence-electron chi connectivity index (χ2n) is 6.11. The molecule has 0 fully saturated rings. The molecular formula is C18H25NO4. The van der Waals surface area contributed by atoms with Crippen LogP contribution in [0.4, 0.5) is 4.79 Å². The molecule has 23 heavy (non-hydrogen) atoms. The fourth-order valence-electron chi connectivity index (χ4n) is 2.15. The van der Waals surface area contributed by atoms with Gasteiger partial charge in [0.2, 0.25) is 0 Å². The summed E-state index contributed by atoms with van der Waals surface area (Å²) < 4.78 is 10.1. The van der Waals surface area contributed by atoms with Crippen LogP contribution >= 0.6 is 0 Å². The van der Waals surface area contributed by atoms with Gasteiger partial charge in [0.15, 0.2) is 0 Å². The summed E-state index contributed by atoms with van der Waals surface area (Å²) in [5.74, 6) is -0.871. The molecule has 0 saturated carbocycles. The van der Waals surface area contributed by atoms with Crippen LogP contribution in [0.3, 0.4) is 0 Å². The van der Waals surface area contributed by atoms with Crippen molar-refractivity contribution in [3.8, 4) is 0 Å². The topological polar surface area (TPSA) is 64.6 Å². The lowest BCUT2D eigenvalue weighted by molar-refractivity contribution is -0.143. The van der Waals surface area contributed by atoms with E-state index in [-0.39, 0.29) is 5.92 Å². The van der Waals surface area contributed by atoms with Crippen molar-refractivity contribution in [3.05, 3.63) is 48.0 Å². The summed E-state index contributed by atoms with van der Waals surface area (Å²) in [4.78, 5) is 24.2. The molecule has 0 aromatic heterocycles. The first-order chi connectivity index (χ1) is 10.8. The molecule has 0 aliphatic carbocycles. The first-order valence-electron chi connectivity index (χ1n) is 7.53. The monoisotopic (exact) mass is 319 g/mol. The predicted octanol–water partition coefficient (Wildman–Crippen LogP) is 3.41. The molecule has 0 unspecified atom stereocenters. The Labute approximate surface area is 137 Å². The predicted molar refractivity (Wildman–Crippen MR) is 89.2 cm³/mol. The fourth-order valence-corrected chi connectivity index (χ4v) is 2.15. The average molecular weight is 319 g/mol. The minimum atomic E-state index is -0.867. The van der Waals surface area contributed by atoms with Gasteiger partial charge in [0.1, 0.15) is 11.6 Å². The SMILES string of the molecule is C/C=C/[C@@H](c1ccccc1)[C@H](NC(=O)OC(C)(C)C)C(=O)OC. The number of carbonyl (C=O) groups is 2. The van der Waals surface area contributed by atoms with E-state index in [4.69, 9.17) is 9.47 Å². The van der Waals surface area contributed by atoms with E-state index in [0.717, 1.165) is 5.56 Å². The third-order valence-corrected chi connectivity index (χ3v) is 3.07. The normalized spacial score (nSPS) is 14.1. The molecule has 0 bridgehead atoms. The average Bonchev–Trinajstić information content (AvgIpc) is 2.49. The summed E-state index contributed by atoms with van der Waals surface area (Å²) in [6, 6.07) is 8.59. The van der Waals surface area contributed by atoms with Crippen molar-refractivity contribution in [2.24, 2.45) is 0 Å². The van der Waals surface area contributed by atoms with E-state index in [9.17, 15) is 9.59 Å². The third-order valence-electron chi connectivity index (χ3n) is 3.07. The number of ether oxygens (including phenoxy) is 2. The van der Waals surface area contributed by atoms with Gasteiger partial charge in [0.05, 0.1) is 7.11 Å². The minimum absolute atomic E-state index is 0.346. The second kappa shape index (κ2) is 8.36. The number of alkyl carbamates (subject to hydrolysis) is 1. The van der Waals surface area contributed by atoms with Crippen molar-refractivity contribution in [1.82, 2.24) is 5.32 Å². The summed E-state index contributed by atoms with van der Waals surface area (Å²) in [6.45, 7) is 7.15. The molecule has 1 amide bonds. The summed E-state index contributed by atoms with van der Waals surface area (Å²) in [6.07, 6.45) is 3.04. The second-order valence-corrected chi connectivity index (χ2v) is 6.11. The van der Waals surface area contributed by atoms with Gasteiger partial charge in [-0.25, -0.2) is 9.59 Å². The van der Waals surface area contributed by atoms with Crippen LogP contribution < -0.4 is 5.32 Å². The summed E-state index contributed by atoms with van der Waals surface area (Å²) in [7, 11) is 1.30. The summed E-state index contributed by atoms with van der Waals surface area (Å²) >= 11 is 0. The maximum Gasteiger partial charge on any atom is 0.408 e. The van der Waals surface area contributed by atoms with Crippen molar-refractivity contribution in [3.63, 3.8) is 0 Å². The number of esters is 1. The third kappa shape index (κ3) is 6.14. The number of hydrogen-bond donors (Lipinski definition) is 1. The van der Waals surface area contributed by atoms with Gasteiger partial charge in [-0.3, -0.25) is 0 Å². The van der Waals surface area contributed by atoms with Gasteiger partial charge in [0, 0.05) is 5.92 Å². The number of amides is 1. The highest BCUT2D eigenvalue weighted by Crippen LogP contribution is 2.23. The lowest BCUT2D eigenvalue weighted by atomic mass is 9.91. The van der Waals surface area contributed by atoms with E-state index < -0.39 is 23.7 Å². The molecule has 1 aromatic rings.